The van der Waals surface area contributed by atoms with Gasteiger partial charge in [-0.1, -0.05) is 6.07 Å². The molecule has 2 aliphatic rings. The van der Waals surface area contributed by atoms with E-state index in [1.165, 1.54) is 0 Å². The van der Waals surface area contributed by atoms with Crippen LogP contribution in [0, 0.1) is 0 Å². The second-order valence-corrected chi connectivity index (χ2v) is 4.76. The lowest BCUT2D eigenvalue weighted by molar-refractivity contribution is -0.115. The van der Waals surface area contributed by atoms with Crippen LogP contribution in [-0.2, 0) is 11.2 Å². The summed E-state index contributed by atoms with van der Waals surface area (Å²) in [4.78, 5) is 23.3. The molecule has 94 valence electrons. The highest BCUT2D eigenvalue weighted by molar-refractivity contribution is 6.02. The normalized spacial score (nSPS) is 21.6. The van der Waals surface area contributed by atoms with Gasteiger partial charge in [-0.25, -0.2) is 0 Å². The predicted molar refractivity (Wildman–Crippen MR) is 67.5 cm³/mol. The largest absolute Gasteiger partial charge is 0.348 e. The van der Waals surface area contributed by atoms with Crippen LogP contribution in [0.1, 0.15) is 22.3 Å². The minimum atomic E-state index is -0.0763. The summed E-state index contributed by atoms with van der Waals surface area (Å²) in [6.45, 7) is 1.78. The van der Waals surface area contributed by atoms with Gasteiger partial charge >= 0.3 is 0 Å². The molecule has 0 radical (unpaired) electrons. The van der Waals surface area contributed by atoms with Crippen LogP contribution in [0.25, 0.3) is 0 Å². The number of amides is 2. The average Bonchev–Trinajstić information content (AvgIpc) is 2.95. The predicted octanol–water partition coefficient (Wildman–Crippen LogP) is 0.273. The van der Waals surface area contributed by atoms with Crippen molar-refractivity contribution in [3.05, 3.63) is 29.3 Å². The second-order valence-electron chi connectivity index (χ2n) is 4.76. The van der Waals surface area contributed by atoms with Crippen molar-refractivity contribution in [2.24, 2.45) is 0 Å². The van der Waals surface area contributed by atoms with Gasteiger partial charge in [0.25, 0.3) is 5.91 Å². The van der Waals surface area contributed by atoms with Gasteiger partial charge in [-0.15, -0.1) is 0 Å². The quantitative estimate of drug-likeness (QED) is 0.700. The van der Waals surface area contributed by atoms with Gasteiger partial charge in [0.1, 0.15) is 0 Å². The van der Waals surface area contributed by atoms with Gasteiger partial charge in [0, 0.05) is 23.8 Å². The molecule has 1 unspecified atom stereocenters. The highest BCUT2D eigenvalue weighted by Crippen LogP contribution is 2.24. The molecule has 5 heteroatoms. The third kappa shape index (κ3) is 2.09. The molecule has 2 amide bonds. The lowest BCUT2D eigenvalue weighted by Crippen LogP contribution is -2.36. The molecular formula is C13H15N3O2. The van der Waals surface area contributed by atoms with E-state index in [-0.39, 0.29) is 17.9 Å². The first-order chi connectivity index (χ1) is 8.72. The van der Waals surface area contributed by atoms with E-state index >= 15 is 0 Å². The molecule has 0 spiro atoms. The van der Waals surface area contributed by atoms with Gasteiger partial charge in [-0.2, -0.15) is 0 Å². The summed E-state index contributed by atoms with van der Waals surface area (Å²) >= 11 is 0. The lowest BCUT2D eigenvalue weighted by Gasteiger charge is -2.11. The topological polar surface area (TPSA) is 70.2 Å². The molecule has 1 aromatic carbocycles. The smallest absolute Gasteiger partial charge is 0.251 e. The van der Waals surface area contributed by atoms with Crippen LogP contribution in [-0.4, -0.2) is 30.9 Å². The molecule has 0 bridgehead atoms. The molecule has 1 aromatic rings. The van der Waals surface area contributed by atoms with Crippen molar-refractivity contribution in [2.75, 3.05) is 18.4 Å². The number of carbonyl (C=O) groups excluding carboxylic acids is 2. The number of fused-ring (bicyclic) bond motifs is 1. The molecule has 2 heterocycles. The maximum Gasteiger partial charge on any atom is 0.251 e. The summed E-state index contributed by atoms with van der Waals surface area (Å²) < 4.78 is 0. The third-order valence-electron chi connectivity index (χ3n) is 3.39. The fraction of sp³-hybridized carbons (Fsp3) is 0.385. The standard InChI is InChI=1S/C13H15N3O2/c17-12-6-8-1-2-9(5-11(8)16-12)13(18)15-10-3-4-14-7-10/h1-2,5,10,14H,3-4,6-7H2,(H,15,18)(H,16,17). The summed E-state index contributed by atoms with van der Waals surface area (Å²) in [6, 6.07) is 5.57. The first-order valence-corrected chi connectivity index (χ1v) is 6.17. The maximum atomic E-state index is 12.0. The Bertz CT molecular complexity index is 507. The van der Waals surface area contributed by atoms with Crippen LogP contribution in [0.3, 0.4) is 0 Å². The van der Waals surface area contributed by atoms with Gasteiger partial charge < -0.3 is 16.0 Å². The Morgan fingerprint density at radius 1 is 1.39 bits per heavy atom. The number of carbonyl (C=O) groups is 2. The zero-order valence-corrected chi connectivity index (χ0v) is 9.95. The van der Waals surface area contributed by atoms with Gasteiger partial charge in [-0.3, -0.25) is 9.59 Å². The Balaban J connectivity index is 1.74. The number of hydrogen-bond donors (Lipinski definition) is 3. The molecular weight excluding hydrogens is 230 g/mol. The minimum absolute atomic E-state index is 0.0115. The molecule has 5 nitrogen and oxygen atoms in total. The fourth-order valence-corrected chi connectivity index (χ4v) is 2.40. The fourth-order valence-electron chi connectivity index (χ4n) is 2.40. The summed E-state index contributed by atoms with van der Waals surface area (Å²) in [5.74, 6) is -0.0878. The Kier molecular flexibility index (Phi) is 2.76. The molecule has 0 aromatic heterocycles. The van der Waals surface area contributed by atoms with Crippen molar-refractivity contribution >= 4 is 17.5 Å². The third-order valence-corrected chi connectivity index (χ3v) is 3.39. The van der Waals surface area contributed by atoms with Gasteiger partial charge in [-0.05, 0) is 30.7 Å². The van der Waals surface area contributed by atoms with E-state index < -0.39 is 0 Å². The SMILES string of the molecule is O=C1Cc2ccc(C(=O)NC3CCNC3)cc2N1. The van der Waals surface area contributed by atoms with Crippen LogP contribution in [0.2, 0.25) is 0 Å². The van der Waals surface area contributed by atoms with E-state index in [1.807, 2.05) is 6.07 Å². The molecule has 3 N–H and O–H groups in total. The summed E-state index contributed by atoms with van der Waals surface area (Å²) in [5.41, 5.74) is 2.32. The molecule has 3 rings (SSSR count). The summed E-state index contributed by atoms with van der Waals surface area (Å²) in [7, 11) is 0. The molecule has 2 aliphatic heterocycles. The first-order valence-electron chi connectivity index (χ1n) is 6.17. The molecule has 18 heavy (non-hydrogen) atoms. The van der Waals surface area contributed by atoms with Crippen LogP contribution < -0.4 is 16.0 Å². The van der Waals surface area contributed by atoms with Crippen LogP contribution >= 0.6 is 0 Å². The van der Waals surface area contributed by atoms with Crippen molar-refractivity contribution < 1.29 is 9.59 Å². The van der Waals surface area contributed by atoms with Crippen molar-refractivity contribution in [1.29, 1.82) is 0 Å². The van der Waals surface area contributed by atoms with E-state index in [9.17, 15) is 9.59 Å². The highest BCUT2D eigenvalue weighted by atomic mass is 16.2. The second kappa shape index (κ2) is 4.42. The molecule has 1 saturated heterocycles. The highest BCUT2D eigenvalue weighted by Gasteiger charge is 2.21. The zero-order valence-electron chi connectivity index (χ0n) is 9.95. The van der Waals surface area contributed by atoms with Crippen LogP contribution in [0.5, 0.6) is 0 Å². The Morgan fingerprint density at radius 2 is 2.28 bits per heavy atom. The number of rotatable bonds is 2. The van der Waals surface area contributed by atoms with E-state index in [1.54, 1.807) is 12.1 Å². The summed E-state index contributed by atoms with van der Waals surface area (Å²) in [5, 5.41) is 8.94. The molecule has 1 atom stereocenters. The van der Waals surface area contributed by atoms with E-state index in [2.05, 4.69) is 16.0 Å². The number of nitrogens with one attached hydrogen (secondary N) is 3. The van der Waals surface area contributed by atoms with Crippen LogP contribution in [0.4, 0.5) is 5.69 Å². The van der Waals surface area contributed by atoms with Crippen molar-refractivity contribution in [3.8, 4) is 0 Å². The maximum absolute atomic E-state index is 12.0. The monoisotopic (exact) mass is 245 g/mol. The van der Waals surface area contributed by atoms with Crippen molar-refractivity contribution in [2.45, 2.75) is 18.9 Å². The van der Waals surface area contributed by atoms with E-state index in [4.69, 9.17) is 0 Å². The van der Waals surface area contributed by atoms with Gasteiger partial charge in [0.05, 0.1) is 6.42 Å². The number of anilines is 1. The Hall–Kier alpha value is -1.88. The molecule has 0 aliphatic carbocycles. The lowest BCUT2D eigenvalue weighted by atomic mass is 10.1. The van der Waals surface area contributed by atoms with Gasteiger partial charge in [0.2, 0.25) is 5.91 Å². The average molecular weight is 245 g/mol. The molecule has 0 saturated carbocycles. The van der Waals surface area contributed by atoms with Gasteiger partial charge in [0.15, 0.2) is 0 Å². The zero-order chi connectivity index (χ0) is 12.5. The first kappa shape index (κ1) is 11.2. The number of benzene rings is 1. The molecule has 1 fully saturated rings. The Morgan fingerprint density at radius 3 is 3.06 bits per heavy atom. The van der Waals surface area contributed by atoms with E-state index in [0.29, 0.717) is 12.0 Å². The van der Waals surface area contributed by atoms with Crippen LogP contribution in [0.15, 0.2) is 18.2 Å². The van der Waals surface area contributed by atoms with Crippen molar-refractivity contribution in [1.82, 2.24) is 10.6 Å². The van der Waals surface area contributed by atoms with E-state index in [0.717, 1.165) is 30.8 Å². The minimum Gasteiger partial charge on any atom is -0.348 e. The number of hydrogen-bond acceptors (Lipinski definition) is 3. The summed E-state index contributed by atoms with van der Waals surface area (Å²) in [6.07, 6.45) is 1.37. The van der Waals surface area contributed by atoms with Crippen molar-refractivity contribution in [3.63, 3.8) is 0 Å². The Labute approximate surface area is 105 Å².